The maximum Gasteiger partial charge on any atom is 0.411 e. The number of fused-ring (bicyclic) bond motifs is 1. The topological polar surface area (TPSA) is 65.7 Å². The van der Waals surface area contributed by atoms with Gasteiger partial charge in [-0.05, 0) is 12.1 Å². The predicted molar refractivity (Wildman–Crippen MR) is 60.0 cm³/mol. The molecule has 0 aliphatic carbocycles. The largest absolute Gasteiger partial charge is 0.465 e. The standard InChI is InChI=1S/C11H10F3N3O3/c1-19-10(18)7-2-3-8-15-16-9(17(8)4-7)5-20-6-11(12,13)14/h2-4H,5-6H2,1H3. The Bertz CT molecular complexity index is 624. The fourth-order valence-corrected chi connectivity index (χ4v) is 1.53. The van der Waals surface area contributed by atoms with Crippen LogP contribution in [0.25, 0.3) is 5.65 Å². The van der Waals surface area contributed by atoms with Crippen LogP contribution in [0.5, 0.6) is 0 Å². The number of carbonyl (C=O) groups excluding carboxylic acids is 1. The van der Waals surface area contributed by atoms with Gasteiger partial charge in [0.1, 0.15) is 13.2 Å². The van der Waals surface area contributed by atoms with Crippen LogP contribution >= 0.6 is 0 Å². The molecule has 9 heteroatoms. The molecule has 20 heavy (non-hydrogen) atoms. The molecule has 0 fully saturated rings. The minimum absolute atomic E-state index is 0.162. The zero-order chi connectivity index (χ0) is 14.8. The van der Waals surface area contributed by atoms with E-state index in [-0.39, 0.29) is 18.0 Å². The van der Waals surface area contributed by atoms with Gasteiger partial charge in [-0.3, -0.25) is 4.40 Å². The molecule has 0 aromatic carbocycles. The van der Waals surface area contributed by atoms with Crippen molar-refractivity contribution in [3.05, 3.63) is 29.7 Å². The summed E-state index contributed by atoms with van der Waals surface area (Å²) in [6, 6.07) is 2.99. The van der Waals surface area contributed by atoms with E-state index in [2.05, 4.69) is 19.7 Å². The van der Waals surface area contributed by atoms with Crippen LogP contribution < -0.4 is 0 Å². The first-order valence-corrected chi connectivity index (χ1v) is 5.47. The summed E-state index contributed by atoms with van der Waals surface area (Å²) < 4.78 is 46.4. The number of rotatable bonds is 4. The van der Waals surface area contributed by atoms with Gasteiger partial charge in [0, 0.05) is 6.20 Å². The number of alkyl halides is 3. The molecule has 0 saturated carbocycles. The Morgan fingerprint density at radius 1 is 1.35 bits per heavy atom. The number of hydrogen-bond donors (Lipinski definition) is 0. The van der Waals surface area contributed by atoms with Gasteiger partial charge < -0.3 is 9.47 Å². The number of halogens is 3. The predicted octanol–water partition coefficient (Wildman–Crippen LogP) is 1.59. The van der Waals surface area contributed by atoms with Crippen molar-refractivity contribution in [2.75, 3.05) is 13.7 Å². The van der Waals surface area contributed by atoms with Gasteiger partial charge in [-0.15, -0.1) is 10.2 Å². The second-order valence-electron chi connectivity index (χ2n) is 3.86. The minimum atomic E-state index is -4.41. The summed E-state index contributed by atoms with van der Waals surface area (Å²) in [7, 11) is 1.23. The Kier molecular flexibility index (Phi) is 3.89. The van der Waals surface area contributed by atoms with Crippen LogP contribution in [0.15, 0.2) is 18.3 Å². The molecule has 6 nitrogen and oxygen atoms in total. The highest BCUT2D eigenvalue weighted by Gasteiger charge is 2.27. The molecule has 2 heterocycles. The molecule has 2 rings (SSSR count). The van der Waals surface area contributed by atoms with Gasteiger partial charge in [-0.25, -0.2) is 4.79 Å². The molecule has 2 aromatic rings. The normalized spacial score (nSPS) is 11.8. The second-order valence-corrected chi connectivity index (χ2v) is 3.86. The molecule has 2 aromatic heterocycles. The smallest absolute Gasteiger partial charge is 0.411 e. The van der Waals surface area contributed by atoms with Crippen LogP contribution in [0.4, 0.5) is 13.2 Å². The first-order valence-electron chi connectivity index (χ1n) is 5.47. The van der Waals surface area contributed by atoms with Crippen LogP contribution in [0, 0.1) is 0 Å². The monoisotopic (exact) mass is 289 g/mol. The maximum absolute atomic E-state index is 12.0. The second kappa shape index (κ2) is 5.45. The summed E-state index contributed by atoms with van der Waals surface area (Å²) in [5.74, 6) is -0.405. The molecule has 0 aliphatic heterocycles. The van der Waals surface area contributed by atoms with E-state index in [9.17, 15) is 18.0 Å². The summed E-state index contributed by atoms with van der Waals surface area (Å²) >= 11 is 0. The number of methoxy groups -OCH3 is 1. The van der Waals surface area contributed by atoms with E-state index in [4.69, 9.17) is 0 Å². The van der Waals surface area contributed by atoms with Gasteiger partial charge in [0.05, 0.1) is 12.7 Å². The number of ether oxygens (including phenoxy) is 2. The van der Waals surface area contributed by atoms with Crippen LogP contribution in [0.1, 0.15) is 16.2 Å². The van der Waals surface area contributed by atoms with Gasteiger partial charge in [0.25, 0.3) is 0 Å². The molecule has 0 unspecified atom stereocenters. The van der Waals surface area contributed by atoms with Crippen molar-refractivity contribution in [1.82, 2.24) is 14.6 Å². The van der Waals surface area contributed by atoms with E-state index in [0.717, 1.165) is 0 Å². The molecule has 108 valence electrons. The molecule has 0 saturated heterocycles. The third kappa shape index (κ3) is 3.23. The van der Waals surface area contributed by atoms with Crippen molar-refractivity contribution in [2.45, 2.75) is 12.8 Å². The fraction of sp³-hybridized carbons (Fsp3) is 0.364. The lowest BCUT2D eigenvalue weighted by molar-refractivity contribution is -0.177. The molecule has 0 atom stereocenters. The summed E-state index contributed by atoms with van der Waals surface area (Å²) in [6.45, 7) is -1.75. The first kappa shape index (κ1) is 14.3. The molecule has 0 aliphatic rings. The molecule has 0 amide bonds. The lowest BCUT2D eigenvalue weighted by Gasteiger charge is -2.06. The Morgan fingerprint density at radius 3 is 2.75 bits per heavy atom. The maximum atomic E-state index is 12.0. The van der Waals surface area contributed by atoms with Crippen molar-refractivity contribution in [3.8, 4) is 0 Å². The summed E-state index contributed by atoms with van der Waals surface area (Å²) in [5.41, 5.74) is 0.625. The van der Waals surface area contributed by atoms with Crippen LogP contribution in [-0.2, 0) is 16.1 Å². The summed E-state index contributed by atoms with van der Waals surface area (Å²) in [4.78, 5) is 11.4. The van der Waals surface area contributed by atoms with Crippen LogP contribution in [-0.4, -0.2) is 40.5 Å². The average Bonchev–Trinajstić information content (AvgIpc) is 2.79. The minimum Gasteiger partial charge on any atom is -0.465 e. The molecule has 0 spiro atoms. The number of hydrogen-bond acceptors (Lipinski definition) is 5. The highest BCUT2D eigenvalue weighted by atomic mass is 19.4. The zero-order valence-corrected chi connectivity index (χ0v) is 10.3. The molecular formula is C11H10F3N3O3. The van der Waals surface area contributed by atoms with Crippen molar-refractivity contribution in [1.29, 1.82) is 0 Å². The molecular weight excluding hydrogens is 279 g/mol. The average molecular weight is 289 g/mol. The highest BCUT2D eigenvalue weighted by Crippen LogP contribution is 2.16. The first-order chi connectivity index (χ1) is 9.40. The third-order valence-electron chi connectivity index (χ3n) is 2.39. The van der Waals surface area contributed by atoms with E-state index in [1.165, 1.54) is 29.8 Å². The Morgan fingerprint density at radius 2 is 2.10 bits per heavy atom. The molecule has 0 radical (unpaired) electrons. The Hall–Kier alpha value is -2.16. The number of pyridine rings is 1. The molecule has 0 bridgehead atoms. The number of nitrogens with zero attached hydrogens (tertiary/aromatic N) is 3. The van der Waals surface area contributed by atoms with Gasteiger partial charge in [-0.1, -0.05) is 0 Å². The van der Waals surface area contributed by atoms with Crippen molar-refractivity contribution in [2.24, 2.45) is 0 Å². The highest BCUT2D eigenvalue weighted by molar-refractivity contribution is 5.89. The fourth-order valence-electron chi connectivity index (χ4n) is 1.53. The van der Waals surface area contributed by atoms with E-state index < -0.39 is 18.8 Å². The quantitative estimate of drug-likeness (QED) is 0.800. The van der Waals surface area contributed by atoms with E-state index >= 15 is 0 Å². The van der Waals surface area contributed by atoms with E-state index in [1.54, 1.807) is 0 Å². The summed E-state index contributed by atoms with van der Waals surface area (Å²) in [6.07, 6.45) is -3.02. The van der Waals surface area contributed by atoms with Crippen molar-refractivity contribution in [3.63, 3.8) is 0 Å². The third-order valence-corrected chi connectivity index (χ3v) is 2.39. The van der Waals surface area contributed by atoms with Crippen molar-refractivity contribution >= 4 is 11.6 Å². The molecule has 0 N–H and O–H groups in total. The van der Waals surface area contributed by atoms with Crippen molar-refractivity contribution < 1.29 is 27.4 Å². The van der Waals surface area contributed by atoms with E-state index in [1.807, 2.05) is 0 Å². The number of esters is 1. The van der Waals surface area contributed by atoms with Gasteiger partial charge in [0.2, 0.25) is 0 Å². The van der Waals surface area contributed by atoms with Gasteiger partial charge in [-0.2, -0.15) is 13.2 Å². The SMILES string of the molecule is COC(=O)c1ccc2nnc(COCC(F)(F)F)n2c1. The Labute approximate surface area is 111 Å². The van der Waals surface area contributed by atoms with Gasteiger partial charge in [0.15, 0.2) is 11.5 Å². The van der Waals surface area contributed by atoms with Crippen LogP contribution in [0.2, 0.25) is 0 Å². The summed E-state index contributed by atoms with van der Waals surface area (Å²) in [5, 5.41) is 7.47. The zero-order valence-electron chi connectivity index (χ0n) is 10.3. The van der Waals surface area contributed by atoms with Crippen LogP contribution in [0.3, 0.4) is 0 Å². The lowest BCUT2D eigenvalue weighted by Crippen LogP contribution is -2.17. The number of aromatic nitrogens is 3. The lowest BCUT2D eigenvalue weighted by atomic mass is 10.3. The van der Waals surface area contributed by atoms with Gasteiger partial charge >= 0.3 is 12.1 Å². The Balaban J connectivity index is 2.19. The number of carbonyl (C=O) groups is 1. The van der Waals surface area contributed by atoms with E-state index in [0.29, 0.717) is 5.65 Å².